The fourth-order valence-corrected chi connectivity index (χ4v) is 4.33. The number of nitrogens with zero attached hydrogens (tertiary/aromatic N) is 4. The first-order chi connectivity index (χ1) is 10.0. The topological polar surface area (TPSA) is 43.1 Å². The van der Waals surface area contributed by atoms with Crippen molar-refractivity contribution in [3.63, 3.8) is 0 Å². The van der Waals surface area contributed by atoms with Crippen molar-refractivity contribution in [3.8, 4) is 10.4 Å². The van der Waals surface area contributed by atoms with Gasteiger partial charge in [0, 0.05) is 0 Å². The molecule has 0 aliphatic rings. The second-order valence-electron chi connectivity index (χ2n) is 4.09. The van der Waals surface area contributed by atoms with Gasteiger partial charge in [0.05, 0.1) is 0 Å². The third-order valence-corrected chi connectivity index (χ3v) is 5.91. The van der Waals surface area contributed by atoms with Crippen LogP contribution in [-0.4, -0.2) is 34.1 Å². The summed E-state index contributed by atoms with van der Waals surface area (Å²) in [4.78, 5) is 5.13. The Morgan fingerprint density at radius 1 is 1.38 bits per heavy atom. The Bertz CT molecular complexity index is 820. The summed E-state index contributed by atoms with van der Waals surface area (Å²) in [5.41, 5.74) is 1.41. The van der Waals surface area contributed by atoms with E-state index in [-0.39, 0.29) is 4.57 Å². The molecule has 0 unspecified atom stereocenters. The van der Waals surface area contributed by atoms with E-state index in [2.05, 4.69) is 15.2 Å². The maximum atomic E-state index is 12.7. The second kappa shape index (κ2) is 5.85. The van der Waals surface area contributed by atoms with E-state index in [9.17, 15) is 8.78 Å². The molecule has 0 spiro atoms. The number of fused-ring (bicyclic) bond motifs is 1. The van der Waals surface area contributed by atoms with Gasteiger partial charge in [-0.05, 0) is 0 Å². The number of imidazole rings is 1. The van der Waals surface area contributed by atoms with Crippen LogP contribution < -0.4 is 0 Å². The molecule has 4 nitrogen and oxygen atoms in total. The Morgan fingerprint density at radius 2 is 2.14 bits per heavy atom. The third kappa shape index (κ3) is 2.71. The van der Waals surface area contributed by atoms with Crippen LogP contribution in [0.1, 0.15) is 16.7 Å². The van der Waals surface area contributed by atoms with Gasteiger partial charge in [-0.2, -0.15) is 0 Å². The molecule has 0 saturated heterocycles. The standard InChI is InChI=1S/C11H6Cl2F2N4SSe/c1-4-7-6(12)2-5(20-13)3-19(7)9(16-4)11-18-17-10(21-11)8(14)15/h2-3,8H,1H3. The summed E-state index contributed by atoms with van der Waals surface area (Å²) in [6.45, 7) is 1.80. The normalized spacial score (nSPS) is 11.7. The Kier molecular flexibility index (Phi) is 4.25. The van der Waals surface area contributed by atoms with Gasteiger partial charge in [-0.15, -0.1) is 0 Å². The van der Waals surface area contributed by atoms with Crippen molar-refractivity contribution in [2.24, 2.45) is 0 Å². The van der Waals surface area contributed by atoms with Gasteiger partial charge in [0.1, 0.15) is 0 Å². The van der Waals surface area contributed by atoms with E-state index in [4.69, 9.17) is 22.3 Å². The van der Waals surface area contributed by atoms with E-state index in [1.54, 1.807) is 23.6 Å². The molecular weight excluding hydrogens is 408 g/mol. The van der Waals surface area contributed by atoms with Crippen molar-refractivity contribution < 1.29 is 8.78 Å². The maximum absolute atomic E-state index is 12.7. The predicted octanol–water partition coefficient (Wildman–Crippen LogP) is 3.99. The summed E-state index contributed by atoms with van der Waals surface area (Å²) in [5, 5.41) is 7.88. The van der Waals surface area contributed by atoms with Crippen molar-refractivity contribution in [2.45, 2.75) is 18.2 Å². The number of rotatable bonds is 3. The SMILES string of the molecule is Cc1nc(-c2nnc(C(F)F)[se]2)n2cc(SCl)cc(Cl)c12. The van der Waals surface area contributed by atoms with E-state index in [0.29, 0.717) is 26.6 Å². The zero-order valence-electron chi connectivity index (χ0n) is 10.3. The number of aryl methyl sites for hydroxylation is 1. The van der Waals surface area contributed by atoms with Crippen LogP contribution in [0.5, 0.6) is 0 Å². The third-order valence-electron chi connectivity index (χ3n) is 2.74. The Balaban J connectivity index is 2.24. The Hall–Kier alpha value is -0.661. The molecule has 0 aromatic carbocycles. The molecule has 0 atom stereocenters. The van der Waals surface area contributed by atoms with Crippen LogP contribution in [0.4, 0.5) is 8.78 Å². The average molecular weight is 414 g/mol. The number of hydrogen-bond acceptors (Lipinski definition) is 4. The summed E-state index contributed by atoms with van der Waals surface area (Å²) in [6, 6.07) is 1.73. The van der Waals surface area contributed by atoms with Gasteiger partial charge in [-0.3, -0.25) is 0 Å². The molecule has 10 heteroatoms. The molecule has 0 aliphatic carbocycles. The van der Waals surface area contributed by atoms with Gasteiger partial charge in [0.2, 0.25) is 0 Å². The Morgan fingerprint density at radius 3 is 2.76 bits per heavy atom. The Labute approximate surface area is 137 Å². The van der Waals surface area contributed by atoms with Crippen molar-refractivity contribution in [2.75, 3.05) is 0 Å². The van der Waals surface area contributed by atoms with Gasteiger partial charge in [-0.1, -0.05) is 0 Å². The quantitative estimate of drug-likeness (QED) is 0.608. The fourth-order valence-electron chi connectivity index (χ4n) is 1.92. The minimum absolute atomic E-state index is 0.194. The van der Waals surface area contributed by atoms with Gasteiger partial charge in [-0.25, -0.2) is 0 Å². The van der Waals surface area contributed by atoms with Crippen molar-refractivity contribution in [3.05, 3.63) is 27.5 Å². The summed E-state index contributed by atoms with van der Waals surface area (Å²) in [6.07, 6.45) is -0.830. The van der Waals surface area contributed by atoms with Crippen LogP contribution >= 0.6 is 33.3 Å². The van der Waals surface area contributed by atoms with E-state index >= 15 is 0 Å². The molecule has 3 aromatic heterocycles. The molecule has 21 heavy (non-hydrogen) atoms. The summed E-state index contributed by atoms with van der Waals surface area (Å²) in [5.74, 6) is 0.483. The van der Waals surface area contributed by atoms with Gasteiger partial charge >= 0.3 is 138 Å². The number of aromatic nitrogens is 4. The molecule has 0 bridgehead atoms. The zero-order chi connectivity index (χ0) is 15.1. The van der Waals surface area contributed by atoms with Crippen molar-refractivity contribution in [1.82, 2.24) is 19.6 Å². The first-order valence-corrected chi connectivity index (χ1v) is 9.33. The fraction of sp³-hybridized carbons (Fsp3) is 0.182. The summed E-state index contributed by atoms with van der Waals surface area (Å²) >= 11 is 5.59. The van der Waals surface area contributed by atoms with Crippen LogP contribution in [0.25, 0.3) is 15.9 Å². The summed E-state index contributed by atoms with van der Waals surface area (Å²) in [7, 11) is 6.78. The van der Waals surface area contributed by atoms with Gasteiger partial charge in [0.25, 0.3) is 0 Å². The van der Waals surface area contributed by atoms with Crippen LogP contribution in [-0.2, 0) is 0 Å². The molecule has 0 fully saturated rings. The number of hydrogen-bond donors (Lipinski definition) is 0. The van der Waals surface area contributed by atoms with Crippen molar-refractivity contribution in [1.29, 1.82) is 0 Å². The van der Waals surface area contributed by atoms with Crippen LogP contribution in [0.15, 0.2) is 17.2 Å². The molecule has 0 radical (unpaired) electrons. The van der Waals surface area contributed by atoms with E-state index in [0.717, 1.165) is 15.9 Å². The molecule has 3 aromatic rings. The molecule has 3 rings (SSSR count). The molecule has 3 heterocycles. The van der Waals surface area contributed by atoms with Crippen LogP contribution in [0.2, 0.25) is 5.02 Å². The molecule has 0 aliphatic heterocycles. The number of halogens is 4. The van der Waals surface area contributed by atoms with Crippen LogP contribution in [0, 0.1) is 6.92 Å². The monoisotopic (exact) mass is 414 g/mol. The second-order valence-corrected chi connectivity index (χ2v) is 7.70. The van der Waals surface area contributed by atoms with E-state index in [1.165, 1.54) is 0 Å². The molecule has 0 amide bonds. The minimum atomic E-state index is -2.59. The number of alkyl halides is 2. The van der Waals surface area contributed by atoms with E-state index < -0.39 is 20.9 Å². The molecular formula is C11H6Cl2F2N4SSe. The van der Waals surface area contributed by atoms with Gasteiger partial charge in [0.15, 0.2) is 0 Å². The summed E-state index contributed by atoms with van der Waals surface area (Å²) < 4.78 is 27.3. The first-order valence-electron chi connectivity index (χ1n) is 5.60. The van der Waals surface area contributed by atoms with Crippen molar-refractivity contribution >= 4 is 53.3 Å². The average Bonchev–Trinajstić information content (AvgIpc) is 3.03. The van der Waals surface area contributed by atoms with E-state index in [1.807, 2.05) is 0 Å². The number of pyridine rings is 1. The molecule has 0 N–H and O–H groups in total. The molecule has 110 valence electrons. The van der Waals surface area contributed by atoms with Gasteiger partial charge < -0.3 is 0 Å². The first kappa shape index (κ1) is 15.2. The predicted molar refractivity (Wildman–Crippen MR) is 79.6 cm³/mol. The zero-order valence-corrected chi connectivity index (χ0v) is 14.4. The van der Waals surface area contributed by atoms with Crippen LogP contribution in [0.3, 0.4) is 0 Å². The molecule has 0 saturated carbocycles.